The van der Waals surface area contributed by atoms with E-state index < -0.39 is 5.60 Å². The van der Waals surface area contributed by atoms with Crippen LogP contribution in [0.4, 0.5) is 0 Å². The van der Waals surface area contributed by atoms with Gasteiger partial charge in [-0.05, 0) is 26.7 Å². The molecule has 0 aromatic carbocycles. The van der Waals surface area contributed by atoms with Crippen molar-refractivity contribution in [3.8, 4) is 0 Å². The molecule has 1 heterocycles. The van der Waals surface area contributed by atoms with E-state index in [1.54, 1.807) is 0 Å². The highest BCUT2D eigenvalue weighted by Gasteiger charge is 2.18. The minimum Gasteiger partial charge on any atom is -0.389 e. The smallest absolute Gasteiger partial charge is 0.0863 e. The molecule has 0 radical (unpaired) electrons. The van der Waals surface area contributed by atoms with E-state index in [1.165, 1.54) is 0 Å². The lowest BCUT2D eigenvalue weighted by Gasteiger charge is -2.21. The van der Waals surface area contributed by atoms with Gasteiger partial charge in [-0.1, -0.05) is 25.4 Å². The molecule has 1 aromatic heterocycles. The van der Waals surface area contributed by atoms with Crippen LogP contribution < -0.4 is 5.32 Å². The van der Waals surface area contributed by atoms with Gasteiger partial charge in [-0.15, -0.1) is 0 Å². The third-order valence-electron chi connectivity index (χ3n) is 3.25. The van der Waals surface area contributed by atoms with E-state index in [4.69, 9.17) is 11.6 Å². The molecule has 0 bridgehead atoms. The van der Waals surface area contributed by atoms with E-state index in [9.17, 15) is 5.11 Å². The van der Waals surface area contributed by atoms with Crippen molar-refractivity contribution in [3.63, 3.8) is 0 Å². The first-order valence-electron chi connectivity index (χ1n) is 6.62. The summed E-state index contributed by atoms with van der Waals surface area (Å²) in [4.78, 5) is 0. The molecule has 0 fully saturated rings. The Morgan fingerprint density at radius 3 is 2.56 bits per heavy atom. The molecule has 1 rings (SSSR count). The zero-order valence-electron chi connectivity index (χ0n) is 11.8. The first-order valence-corrected chi connectivity index (χ1v) is 7.00. The maximum Gasteiger partial charge on any atom is 0.0863 e. The second-order valence-electron chi connectivity index (χ2n) is 4.83. The summed E-state index contributed by atoms with van der Waals surface area (Å²) in [5, 5.41) is 18.4. The second-order valence-corrected chi connectivity index (χ2v) is 5.21. The molecule has 1 atom stereocenters. The van der Waals surface area contributed by atoms with E-state index in [2.05, 4.69) is 17.3 Å². The van der Waals surface area contributed by atoms with Gasteiger partial charge < -0.3 is 10.4 Å². The third-order valence-corrected chi connectivity index (χ3v) is 3.69. The van der Waals surface area contributed by atoms with E-state index in [0.29, 0.717) is 13.1 Å². The molecule has 18 heavy (non-hydrogen) atoms. The Balaban J connectivity index is 2.69. The summed E-state index contributed by atoms with van der Waals surface area (Å²) < 4.78 is 1.93. The van der Waals surface area contributed by atoms with Crippen LogP contribution in [0, 0.1) is 0 Å². The topological polar surface area (TPSA) is 50.1 Å². The average Bonchev–Trinajstić information content (AvgIpc) is 2.66. The Morgan fingerprint density at radius 1 is 1.39 bits per heavy atom. The maximum atomic E-state index is 9.93. The molecule has 4 nitrogen and oxygen atoms in total. The van der Waals surface area contributed by atoms with Gasteiger partial charge in [0, 0.05) is 19.6 Å². The number of halogens is 1. The lowest BCUT2D eigenvalue weighted by molar-refractivity contribution is 0.0554. The Morgan fingerprint density at radius 2 is 2.06 bits per heavy atom. The van der Waals surface area contributed by atoms with E-state index in [-0.39, 0.29) is 0 Å². The van der Waals surface area contributed by atoms with Crippen LogP contribution in [-0.4, -0.2) is 27.0 Å². The summed E-state index contributed by atoms with van der Waals surface area (Å²) in [6, 6.07) is 0. The van der Waals surface area contributed by atoms with Crippen molar-refractivity contribution >= 4 is 11.6 Å². The lowest BCUT2D eigenvalue weighted by Crippen LogP contribution is -2.37. The number of aliphatic hydroxyl groups is 1. The zero-order chi connectivity index (χ0) is 13.8. The van der Waals surface area contributed by atoms with Gasteiger partial charge in [0.1, 0.15) is 0 Å². The highest BCUT2D eigenvalue weighted by Crippen LogP contribution is 2.21. The van der Waals surface area contributed by atoms with Gasteiger partial charge in [-0.25, -0.2) is 0 Å². The molecule has 0 amide bonds. The minimum atomic E-state index is -0.670. The fraction of sp³-hybridized carbons (Fsp3) is 0.769. The molecule has 104 valence electrons. The van der Waals surface area contributed by atoms with Crippen molar-refractivity contribution < 1.29 is 5.11 Å². The van der Waals surface area contributed by atoms with Gasteiger partial charge in [0.25, 0.3) is 0 Å². The first-order chi connectivity index (χ1) is 8.45. The first kappa shape index (κ1) is 15.5. The molecule has 0 saturated carbocycles. The fourth-order valence-corrected chi connectivity index (χ4v) is 2.10. The largest absolute Gasteiger partial charge is 0.389 e. The average molecular weight is 274 g/mol. The maximum absolute atomic E-state index is 9.93. The molecule has 1 aromatic rings. The molecule has 1 unspecified atom stereocenters. The van der Waals surface area contributed by atoms with Crippen LogP contribution in [-0.2, 0) is 19.5 Å². The molecule has 0 saturated heterocycles. The highest BCUT2D eigenvalue weighted by molar-refractivity contribution is 6.31. The molecule has 0 aliphatic rings. The quantitative estimate of drug-likeness (QED) is 0.802. The standard InChI is InChI=1S/C13H24ClN3O/c1-5-10-12(14)11(17(7-3)16-10)8-15-9-13(4,18)6-2/h15,18H,5-9H2,1-4H3. The summed E-state index contributed by atoms with van der Waals surface area (Å²) in [7, 11) is 0. The predicted octanol–water partition coefficient (Wildman–Crippen LogP) is 2.37. The van der Waals surface area contributed by atoms with Crippen LogP contribution in [0.3, 0.4) is 0 Å². The second kappa shape index (κ2) is 6.55. The van der Waals surface area contributed by atoms with Crippen molar-refractivity contribution in [1.82, 2.24) is 15.1 Å². The Kier molecular flexibility index (Phi) is 5.63. The fourth-order valence-electron chi connectivity index (χ4n) is 1.76. The van der Waals surface area contributed by atoms with Crippen LogP contribution in [0.25, 0.3) is 0 Å². The number of aryl methyl sites for hydroxylation is 2. The van der Waals surface area contributed by atoms with Crippen LogP contribution in [0.15, 0.2) is 0 Å². The molecular weight excluding hydrogens is 250 g/mol. The van der Waals surface area contributed by atoms with Crippen molar-refractivity contribution in [2.75, 3.05) is 6.54 Å². The molecule has 2 N–H and O–H groups in total. The Labute approximate surface area is 114 Å². The summed E-state index contributed by atoms with van der Waals surface area (Å²) in [5.41, 5.74) is 1.28. The van der Waals surface area contributed by atoms with E-state index in [1.807, 2.05) is 25.5 Å². The summed E-state index contributed by atoms with van der Waals surface area (Å²) >= 11 is 6.31. The van der Waals surface area contributed by atoms with Gasteiger partial charge in [0.15, 0.2) is 0 Å². The molecular formula is C13H24ClN3O. The summed E-state index contributed by atoms with van der Waals surface area (Å²) in [5.74, 6) is 0. The van der Waals surface area contributed by atoms with Gasteiger partial charge >= 0.3 is 0 Å². The molecule has 0 aliphatic heterocycles. The summed E-state index contributed by atoms with van der Waals surface area (Å²) in [6.07, 6.45) is 1.56. The number of hydrogen-bond donors (Lipinski definition) is 2. The van der Waals surface area contributed by atoms with Crippen LogP contribution in [0.1, 0.15) is 45.5 Å². The van der Waals surface area contributed by atoms with Gasteiger partial charge in [0.2, 0.25) is 0 Å². The number of aromatic nitrogens is 2. The molecule has 5 heteroatoms. The summed E-state index contributed by atoms with van der Waals surface area (Å²) in [6.45, 7) is 9.89. The zero-order valence-corrected chi connectivity index (χ0v) is 12.5. The van der Waals surface area contributed by atoms with Crippen molar-refractivity contribution in [2.45, 2.75) is 59.2 Å². The number of nitrogens with zero attached hydrogens (tertiary/aromatic N) is 2. The monoisotopic (exact) mass is 273 g/mol. The van der Waals surface area contributed by atoms with E-state index in [0.717, 1.165) is 35.8 Å². The number of rotatable bonds is 7. The number of hydrogen-bond acceptors (Lipinski definition) is 3. The van der Waals surface area contributed by atoms with Gasteiger partial charge in [0.05, 0.1) is 22.0 Å². The highest BCUT2D eigenvalue weighted by atomic mass is 35.5. The number of nitrogens with one attached hydrogen (secondary N) is 1. The minimum absolute atomic E-state index is 0.552. The third kappa shape index (κ3) is 3.70. The van der Waals surface area contributed by atoms with Crippen LogP contribution in [0.2, 0.25) is 5.02 Å². The molecule has 0 aliphatic carbocycles. The van der Waals surface area contributed by atoms with Crippen LogP contribution in [0.5, 0.6) is 0 Å². The Bertz CT molecular complexity index is 388. The Hall–Kier alpha value is -0.580. The van der Waals surface area contributed by atoms with Gasteiger partial charge in [-0.3, -0.25) is 4.68 Å². The SMILES string of the molecule is CCc1nn(CC)c(CNCC(C)(O)CC)c1Cl. The predicted molar refractivity (Wildman–Crippen MR) is 74.9 cm³/mol. The molecule has 0 spiro atoms. The normalized spacial score (nSPS) is 14.8. The van der Waals surface area contributed by atoms with Crippen molar-refractivity contribution in [1.29, 1.82) is 0 Å². The van der Waals surface area contributed by atoms with Gasteiger partial charge in [-0.2, -0.15) is 5.10 Å². The van der Waals surface area contributed by atoms with E-state index >= 15 is 0 Å². The van der Waals surface area contributed by atoms with Crippen molar-refractivity contribution in [2.24, 2.45) is 0 Å². The van der Waals surface area contributed by atoms with Crippen molar-refractivity contribution in [3.05, 3.63) is 16.4 Å². The van der Waals surface area contributed by atoms with Crippen LogP contribution >= 0.6 is 11.6 Å². The lowest BCUT2D eigenvalue weighted by atomic mass is 10.0.